The Morgan fingerprint density at radius 3 is 2.40 bits per heavy atom. The predicted octanol–water partition coefficient (Wildman–Crippen LogP) is 0.356. The maximum absolute atomic E-state index is 10.6. The molecule has 0 atom stereocenters. The summed E-state index contributed by atoms with van der Waals surface area (Å²) < 4.78 is 0. The molecule has 10 heavy (non-hydrogen) atoms. The van der Waals surface area contributed by atoms with Crippen molar-refractivity contribution in [1.29, 1.82) is 0 Å². The monoisotopic (exact) mass is 141 g/mol. The summed E-state index contributed by atoms with van der Waals surface area (Å²) in [5.74, 6) is -0.667. The number of carboxylic acids is 1. The first kappa shape index (κ1) is 6.16. The summed E-state index contributed by atoms with van der Waals surface area (Å²) in [6.07, 6.45) is 3.96. The molecule has 3 nitrogen and oxygen atoms in total. The molecule has 0 aromatic rings. The highest BCUT2D eigenvalue weighted by molar-refractivity contribution is 5.82. The van der Waals surface area contributed by atoms with Gasteiger partial charge in [-0.1, -0.05) is 0 Å². The van der Waals surface area contributed by atoms with E-state index in [1.165, 1.54) is 0 Å². The van der Waals surface area contributed by atoms with Crippen molar-refractivity contribution in [2.75, 3.05) is 0 Å². The topological polar surface area (TPSA) is 49.3 Å². The lowest BCUT2D eigenvalue weighted by Crippen LogP contribution is -2.40. The molecule has 0 saturated heterocycles. The van der Waals surface area contributed by atoms with Gasteiger partial charge in [0.1, 0.15) is 5.54 Å². The van der Waals surface area contributed by atoms with Crippen molar-refractivity contribution in [2.24, 2.45) is 0 Å². The van der Waals surface area contributed by atoms with Crippen LogP contribution in [0.5, 0.6) is 0 Å². The average molecular weight is 141 g/mol. The molecule has 0 aromatic carbocycles. The fourth-order valence-corrected chi connectivity index (χ4v) is 1.16. The van der Waals surface area contributed by atoms with E-state index in [1.807, 2.05) is 0 Å². The molecule has 56 valence electrons. The maximum atomic E-state index is 10.6. The Hall–Kier alpha value is -0.570. The molecule has 0 aromatic heterocycles. The van der Waals surface area contributed by atoms with Crippen LogP contribution in [0.1, 0.15) is 25.7 Å². The van der Waals surface area contributed by atoms with Crippen molar-refractivity contribution in [2.45, 2.75) is 37.3 Å². The van der Waals surface area contributed by atoms with Crippen molar-refractivity contribution in [3.05, 3.63) is 0 Å². The van der Waals surface area contributed by atoms with Crippen molar-refractivity contribution >= 4 is 5.97 Å². The molecule has 2 saturated carbocycles. The molecule has 2 fully saturated rings. The Bertz CT molecular complexity index is 170. The molecule has 2 N–H and O–H groups in total. The summed E-state index contributed by atoms with van der Waals surface area (Å²) in [6, 6.07) is 0.513. The number of carbonyl (C=O) groups is 1. The summed E-state index contributed by atoms with van der Waals surface area (Å²) >= 11 is 0. The number of nitrogens with one attached hydrogen (secondary N) is 1. The summed E-state index contributed by atoms with van der Waals surface area (Å²) in [5, 5.41) is 11.9. The van der Waals surface area contributed by atoms with Crippen LogP contribution in [0.15, 0.2) is 0 Å². The maximum Gasteiger partial charge on any atom is 0.323 e. The summed E-state index contributed by atoms with van der Waals surface area (Å²) in [5.41, 5.74) is -0.499. The fourth-order valence-electron chi connectivity index (χ4n) is 1.16. The number of carboxylic acid groups (broad SMARTS) is 1. The quantitative estimate of drug-likeness (QED) is 0.596. The standard InChI is InChI=1S/C7H11NO2/c9-6(10)7(3-4-7)8-5-1-2-5/h5,8H,1-4H2,(H,9,10). The van der Waals surface area contributed by atoms with Gasteiger partial charge >= 0.3 is 5.97 Å². The first-order valence-corrected chi connectivity index (χ1v) is 3.74. The molecule has 0 heterocycles. The molecule has 2 aliphatic carbocycles. The minimum absolute atomic E-state index is 0.499. The van der Waals surface area contributed by atoms with Gasteiger partial charge in [0.25, 0.3) is 0 Å². The van der Waals surface area contributed by atoms with Crippen molar-refractivity contribution < 1.29 is 9.90 Å². The van der Waals surface area contributed by atoms with E-state index in [0.717, 1.165) is 25.7 Å². The molecule has 0 spiro atoms. The lowest BCUT2D eigenvalue weighted by molar-refractivity contribution is -0.140. The van der Waals surface area contributed by atoms with Gasteiger partial charge in [0.05, 0.1) is 0 Å². The van der Waals surface area contributed by atoms with Gasteiger partial charge in [-0.05, 0) is 25.7 Å². The van der Waals surface area contributed by atoms with E-state index in [1.54, 1.807) is 0 Å². The Morgan fingerprint density at radius 2 is 2.10 bits per heavy atom. The molecule has 2 aliphatic rings. The van der Waals surface area contributed by atoms with Crippen LogP contribution in [0.4, 0.5) is 0 Å². The number of hydrogen-bond donors (Lipinski definition) is 2. The highest BCUT2D eigenvalue weighted by Crippen LogP contribution is 2.38. The van der Waals surface area contributed by atoms with Crippen LogP contribution in [-0.4, -0.2) is 22.7 Å². The Balaban J connectivity index is 1.93. The van der Waals surface area contributed by atoms with Gasteiger partial charge in [0, 0.05) is 6.04 Å². The molecule has 0 unspecified atom stereocenters. The second kappa shape index (κ2) is 1.72. The molecule has 0 bridgehead atoms. The van der Waals surface area contributed by atoms with Crippen LogP contribution >= 0.6 is 0 Å². The second-order valence-electron chi connectivity index (χ2n) is 3.31. The first-order valence-electron chi connectivity index (χ1n) is 3.74. The smallest absolute Gasteiger partial charge is 0.323 e. The number of hydrogen-bond acceptors (Lipinski definition) is 2. The fraction of sp³-hybridized carbons (Fsp3) is 0.857. The van der Waals surface area contributed by atoms with Gasteiger partial charge in [-0.3, -0.25) is 10.1 Å². The van der Waals surface area contributed by atoms with Gasteiger partial charge in [-0.2, -0.15) is 0 Å². The third-order valence-electron chi connectivity index (χ3n) is 2.22. The van der Waals surface area contributed by atoms with Gasteiger partial charge in [0.15, 0.2) is 0 Å². The molecule has 0 radical (unpaired) electrons. The molecule has 0 aliphatic heterocycles. The zero-order valence-corrected chi connectivity index (χ0v) is 5.76. The van der Waals surface area contributed by atoms with Crippen LogP contribution < -0.4 is 5.32 Å². The third kappa shape index (κ3) is 0.904. The van der Waals surface area contributed by atoms with E-state index >= 15 is 0 Å². The first-order chi connectivity index (χ1) is 4.73. The molecular formula is C7H11NO2. The van der Waals surface area contributed by atoms with Crippen LogP contribution in [0.25, 0.3) is 0 Å². The largest absolute Gasteiger partial charge is 0.480 e. The highest BCUT2D eigenvalue weighted by Gasteiger charge is 2.52. The minimum atomic E-state index is -0.667. The summed E-state index contributed by atoms with van der Waals surface area (Å²) in [7, 11) is 0. The highest BCUT2D eigenvalue weighted by atomic mass is 16.4. The van der Waals surface area contributed by atoms with E-state index in [-0.39, 0.29) is 0 Å². The summed E-state index contributed by atoms with van der Waals surface area (Å²) in [6.45, 7) is 0. The van der Waals surface area contributed by atoms with Gasteiger partial charge < -0.3 is 5.11 Å². The van der Waals surface area contributed by atoms with Crippen LogP contribution in [0, 0.1) is 0 Å². The van der Waals surface area contributed by atoms with Crippen molar-refractivity contribution in [1.82, 2.24) is 5.32 Å². The summed E-state index contributed by atoms with van der Waals surface area (Å²) in [4.78, 5) is 10.6. The molecule has 0 amide bonds. The third-order valence-corrected chi connectivity index (χ3v) is 2.22. The van der Waals surface area contributed by atoms with E-state index in [4.69, 9.17) is 5.11 Å². The van der Waals surface area contributed by atoms with Crippen LogP contribution in [0.2, 0.25) is 0 Å². The van der Waals surface area contributed by atoms with E-state index < -0.39 is 11.5 Å². The van der Waals surface area contributed by atoms with Gasteiger partial charge in [0.2, 0.25) is 0 Å². The molecular weight excluding hydrogens is 130 g/mol. The lowest BCUT2D eigenvalue weighted by atomic mass is 10.3. The minimum Gasteiger partial charge on any atom is -0.480 e. The second-order valence-corrected chi connectivity index (χ2v) is 3.31. The normalized spacial score (nSPS) is 28.0. The number of aliphatic carboxylic acids is 1. The Morgan fingerprint density at radius 1 is 1.50 bits per heavy atom. The van der Waals surface area contributed by atoms with Crippen LogP contribution in [0.3, 0.4) is 0 Å². The Kier molecular flexibility index (Phi) is 1.06. The van der Waals surface area contributed by atoms with Crippen molar-refractivity contribution in [3.63, 3.8) is 0 Å². The lowest BCUT2D eigenvalue weighted by Gasteiger charge is -2.09. The van der Waals surface area contributed by atoms with Gasteiger partial charge in [-0.15, -0.1) is 0 Å². The van der Waals surface area contributed by atoms with Gasteiger partial charge in [-0.25, -0.2) is 0 Å². The zero-order valence-electron chi connectivity index (χ0n) is 5.76. The van der Waals surface area contributed by atoms with Crippen LogP contribution in [-0.2, 0) is 4.79 Å². The number of rotatable bonds is 3. The average Bonchev–Trinajstić information content (AvgIpc) is 2.65. The van der Waals surface area contributed by atoms with E-state index in [9.17, 15) is 4.79 Å². The SMILES string of the molecule is O=C(O)C1(NC2CC2)CC1. The predicted molar refractivity (Wildman–Crippen MR) is 35.8 cm³/mol. The zero-order chi connectivity index (χ0) is 7.19. The van der Waals surface area contributed by atoms with Crippen molar-refractivity contribution in [3.8, 4) is 0 Å². The van der Waals surface area contributed by atoms with E-state index in [2.05, 4.69) is 5.32 Å². The molecule has 2 rings (SSSR count). The van der Waals surface area contributed by atoms with E-state index in [0.29, 0.717) is 6.04 Å². The Labute approximate surface area is 59.4 Å². The molecule has 3 heteroatoms.